The topological polar surface area (TPSA) is 275 Å². The van der Waals surface area contributed by atoms with E-state index < -0.39 is 90.0 Å². The fourth-order valence-electron chi connectivity index (χ4n) is 8.96. The van der Waals surface area contributed by atoms with Gasteiger partial charge in [-0.25, -0.2) is 4.39 Å². The second-order valence-corrected chi connectivity index (χ2v) is 17.0. The number of benzene rings is 2. The number of fused-ring (bicyclic) bond motifs is 2. The van der Waals surface area contributed by atoms with Crippen molar-refractivity contribution in [2.45, 2.75) is 120 Å². The Bertz CT molecular complexity index is 2200. The van der Waals surface area contributed by atoms with E-state index in [0.29, 0.717) is 18.4 Å². The summed E-state index contributed by atoms with van der Waals surface area (Å²) < 4.78 is 14.2. The van der Waals surface area contributed by atoms with Crippen LogP contribution in [-0.4, -0.2) is 113 Å². The highest BCUT2D eigenvalue weighted by molar-refractivity contribution is 5.98. The van der Waals surface area contributed by atoms with Crippen LogP contribution in [0.4, 0.5) is 4.39 Å². The molecule has 1 aromatic heterocycles. The van der Waals surface area contributed by atoms with Crippen molar-refractivity contribution in [1.29, 1.82) is 0 Å². The Labute approximate surface area is 371 Å². The van der Waals surface area contributed by atoms with E-state index in [1.54, 1.807) is 12.3 Å². The standard InChI is InChI=1S/C45H60FN11O7/c1-26(58)52-34(22-28-12-7-13-30(46)20-28)40(60)56-37-25-51-39(59)33(16-8-18-49-45(47)48)53-42(62)36(23-29-24-50-32-15-6-5-14-31(29)32)54-41(61)35(21-27-10-3-2-4-11-27)55-43(63)38-17-9-19-57(38)44(37)64/h5-7,12-15,20,24,27,33-38,50H,2-4,8-11,16-19,21-23,25H2,1H3,(H,51,59)(H,52,58)(H,53,62)(H,54,61)(H,55,63)(H,56,60)(H4,47,48,49)/t33-,34-,35+,36-,37?,38?/m0/s1. The Kier molecular flexibility index (Phi) is 16.3. The number of carbonyl (C=O) groups excluding carboxylic acids is 7. The smallest absolute Gasteiger partial charge is 0.247 e. The molecular formula is C45H60FN11O7. The van der Waals surface area contributed by atoms with Crippen molar-refractivity contribution in [3.63, 3.8) is 0 Å². The van der Waals surface area contributed by atoms with Gasteiger partial charge >= 0.3 is 0 Å². The van der Waals surface area contributed by atoms with E-state index in [2.05, 4.69) is 41.9 Å². The van der Waals surface area contributed by atoms with E-state index in [0.717, 1.165) is 48.6 Å². The van der Waals surface area contributed by atoms with Crippen LogP contribution in [0, 0.1) is 11.7 Å². The molecule has 0 spiro atoms. The number of carbonyl (C=O) groups is 7. The van der Waals surface area contributed by atoms with Gasteiger partial charge in [-0.1, -0.05) is 62.4 Å². The highest BCUT2D eigenvalue weighted by Crippen LogP contribution is 2.28. The summed E-state index contributed by atoms with van der Waals surface area (Å²) in [5, 5.41) is 17.5. The zero-order valence-electron chi connectivity index (χ0n) is 36.1. The third-order valence-electron chi connectivity index (χ3n) is 12.2. The zero-order valence-corrected chi connectivity index (χ0v) is 36.1. The number of aromatic nitrogens is 1. The first-order valence-corrected chi connectivity index (χ1v) is 22.2. The van der Waals surface area contributed by atoms with Crippen LogP contribution in [0.25, 0.3) is 10.9 Å². The van der Waals surface area contributed by atoms with Crippen molar-refractivity contribution in [2.24, 2.45) is 22.4 Å². The van der Waals surface area contributed by atoms with Crippen LogP contribution in [-0.2, 0) is 46.4 Å². The number of para-hydroxylation sites is 1. The first kappa shape index (κ1) is 47.0. The van der Waals surface area contributed by atoms with Crippen LogP contribution in [0.1, 0.15) is 82.3 Å². The Morgan fingerprint density at radius 1 is 0.875 bits per heavy atom. The van der Waals surface area contributed by atoms with Gasteiger partial charge in [0.05, 0.1) is 0 Å². The molecule has 3 fully saturated rings. The fourth-order valence-corrected chi connectivity index (χ4v) is 8.96. The van der Waals surface area contributed by atoms with E-state index >= 15 is 0 Å². The summed E-state index contributed by atoms with van der Waals surface area (Å²) in [6.07, 6.45) is 7.74. The lowest BCUT2D eigenvalue weighted by Gasteiger charge is -2.33. The SMILES string of the molecule is CC(=O)N[C@@H](Cc1cccc(F)c1)C(=O)NC1CNC(=O)[C@H](CCCN=C(N)N)NC(=O)[C@H](Cc2c[nH]c3ccccc23)NC(=O)[C@@H](CC2CCCCC2)NC(=O)C2CCCN2C1=O. The van der Waals surface area contributed by atoms with Gasteiger partial charge in [0.15, 0.2) is 5.96 Å². The van der Waals surface area contributed by atoms with Crippen molar-refractivity contribution >= 4 is 58.2 Å². The molecule has 2 aliphatic heterocycles. The molecule has 2 unspecified atom stereocenters. The number of nitrogens with two attached hydrogens (primary N) is 2. The summed E-state index contributed by atoms with van der Waals surface area (Å²) >= 11 is 0. The average molecular weight is 886 g/mol. The summed E-state index contributed by atoms with van der Waals surface area (Å²) in [7, 11) is 0. The number of guanidine groups is 1. The number of hydrogen-bond donors (Lipinski definition) is 9. The van der Waals surface area contributed by atoms with Gasteiger partial charge in [-0.2, -0.15) is 0 Å². The largest absolute Gasteiger partial charge is 0.370 e. The maximum absolute atomic E-state index is 14.6. The summed E-state index contributed by atoms with van der Waals surface area (Å²) in [5.74, 6) is -5.15. The molecular weight excluding hydrogens is 826 g/mol. The number of aliphatic imine (C=N–C) groups is 1. The normalized spacial score (nSPS) is 23.2. The van der Waals surface area contributed by atoms with E-state index in [-0.39, 0.29) is 57.1 Å². The van der Waals surface area contributed by atoms with Crippen LogP contribution in [0.2, 0.25) is 0 Å². The Morgan fingerprint density at radius 3 is 2.36 bits per heavy atom. The lowest BCUT2D eigenvalue weighted by atomic mass is 9.84. The number of amides is 7. The van der Waals surface area contributed by atoms with Gasteiger partial charge in [0, 0.05) is 56.5 Å². The molecule has 2 aromatic carbocycles. The number of rotatable bonds is 13. The third kappa shape index (κ3) is 12.8. The monoisotopic (exact) mass is 885 g/mol. The van der Waals surface area contributed by atoms with Crippen molar-refractivity contribution in [3.05, 3.63) is 71.7 Å². The molecule has 3 heterocycles. The third-order valence-corrected chi connectivity index (χ3v) is 12.2. The minimum Gasteiger partial charge on any atom is -0.370 e. The first-order chi connectivity index (χ1) is 30.7. The molecule has 11 N–H and O–H groups in total. The molecule has 6 atom stereocenters. The molecule has 3 aromatic rings. The fraction of sp³-hybridized carbons (Fsp3) is 0.511. The van der Waals surface area contributed by atoms with Gasteiger partial charge in [0.25, 0.3) is 0 Å². The molecule has 1 saturated carbocycles. The predicted octanol–water partition coefficient (Wildman–Crippen LogP) is 0.681. The molecule has 19 heteroatoms. The quantitative estimate of drug-likeness (QED) is 0.0663. The summed E-state index contributed by atoms with van der Waals surface area (Å²) in [6, 6.07) is 5.82. The van der Waals surface area contributed by atoms with Gasteiger partial charge in [0.1, 0.15) is 42.1 Å². The van der Waals surface area contributed by atoms with Crippen LogP contribution in [0.5, 0.6) is 0 Å². The minimum atomic E-state index is -1.46. The molecule has 3 aliphatic rings. The average Bonchev–Trinajstić information content (AvgIpc) is 3.93. The highest BCUT2D eigenvalue weighted by atomic mass is 19.1. The second-order valence-electron chi connectivity index (χ2n) is 17.0. The molecule has 2 saturated heterocycles. The summed E-state index contributed by atoms with van der Waals surface area (Å²) in [5.41, 5.74) is 13.1. The van der Waals surface area contributed by atoms with Crippen molar-refractivity contribution in [2.75, 3.05) is 19.6 Å². The lowest BCUT2D eigenvalue weighted by Crippen LogP contribution is -2.62. The number of halogens is 1. The molecule has 64 heavy (non-hydrogen) atoms. The molecule has 7 amide bonds. The molecule has 1 aliphatic carbocycles. The maximum Gasteiger partial charge on any atom is 0.247 e. The lowest BCUT2D eigenvalue weighted by molar-refractivity contribution is -0.143. The van der Waals surface area contributed by atoms with Crippen LogP contribution < -0.4 is 43.4 Å². The molecule has 0 radical (unpaired) electrons. The number of H-pyrrole nitrogens is 1. The minimum absolute atomic E-state index is 0.0398. The van der Waals surface area contributed by atoms with E-state index in [1.165, 1.54) is 30.0 Å². The highest BCUT2D eigenvalue weighted by Gasteiger charge is 2.41. The Hall–Kier alpha value is -6.53. The van der Waals surface area contributed by atoms with Gasteiger partial charge in [-0.15, -0.1) is 0 Å². The summed E-state index contributed by atoms with van der Waals surface area (Å²) in [6.45, 7) is 1.02. The van der Waals surface area contributed by atoms with Gasteiger partial charge in [-0.05, 0) is 67.3 Å². The maximum atomic E-state index is 14.6. The van der Waals surface area contributed by atoms with Crippen LogP contribution in [0.3, 0.4) is 0 Å². The predicted molar refractivity (Wildman–Crippen MR) is 236 cm³/mol. The number of hydrogen-bond acceptors (Lipinski definition) is 8. The molecule has 344 valence electrons. The Morgan fingerprint density at radius 2 is 1.61 bits per heavy atom. The number of aromatic amines is 1. The zero-order chi connectivity index (χ0) is 45.8. The second kappa shape index (κ2) is 22.2. The van der Waals surface area contributed by atoms with Crippen LogP contribution in [0.15, 0.2) is 59.7 Å². The van der Waals surface area contributed by atoms with Crippen molar-refractivity contribution < 1.29 is 38.0 Å². The van der Waals surface area contributed by atoms with E-state index in [4.69, 9.17) is 11.5 Å². The Balaban J connectivity index is 1.35. The van der Waals surface area contributed by atoms with Crippen molar-refractivity contribution in [3.8, 4) is 0 Å². The molecule has 6 rings (SSSR count). The molecule has 0 bridgehead atoms. The number of nitrogens with zero attached hydrogens (tertiary/aromatic N) is 2. The number of nitrogens with one attached hydrogen (secondary N) is 7. The summed E-state index contributed by atoms with van der Waals surface area (Å²) in [4.78, 5) is 107. The van der Waals surface area contributed by atoms with Crippen molar-refractivity contribution in [1.82, 2.24) is 41.8 Å². The van der Waals surface area contributed by atoms with Gasteiger partial charge in [-0.3, -0.25) is 38.6 Å². The van der Waals surface area contributed by atoms with Crippen LogP contribution >= 0.6 is 0 Å². The van der Waals surface area contributed by atoms with Gasteiger partial charge in [0.2, 0.25) is 41.4 Å². The first-order valence-electron chi connectivity index (χ1n) is 22.2. The van der Waals surface area contributed by atoms with E-state index in [9.17, 15) is 38.0 Å². The molecule has 18 nitrogen and oxygen atoms in total. The van der Waals surface area contributed by atoms with Gasteiger partial charge < -0.3 is 53.3 Å². The van der Waals surface area contributed by atoms with E-state index in [1.807, 2.05) is 24.3 Å².